The van der Waals surface area contributed by atoms with E-state index in [0.29, 0.717) is 22.7 Å². The van der Waals surface area contributed by atoms with Crippen LogP contribution in [0.15, 0.2) is 174 Å². The van der Waals surface area contributed by atoms with Crippen LogP contribution < -0.4 is 0 Å². The van der Waals surface area contributed by atoms with Gasteiger partial charge in [-0.1, -0.05) is 158 Å². The summed E-state index contributed by atoms with van der Waals surface area (Å²) in [4.78, 5) is 0. The normalized spacial score (nSPS) is 13.1. The molecule has 0 aliphatic heterocycles. The molecular weight excluding hydrogens is 544 g/mol. The molecule has 1 heteroatoms. The van der Waals surface area contributed by atoms with Crippen molar-refractivity contribution in [3.63, 3.8) is 0 Å². The maximum atomic E-state index is 9.35. The van der Waals surface area contributed by atoms with E-state index in [1.807, 2.05) is 72.8 Å². The Morgan fingerprint density at radius 2 is 0.889 bits per heavy atom. The lowest BCUT2D eigenvalue weighted by Gasteiger charge is -2.21. The maximum Gasteiger partial charge on any atom is 0.136 e. The second-order valence-corrected chi connectivity index (χ2v) is 11.2. The zero-order valence-electron chi connectivity index (χ0n) is 29.2. The van der Waals surface area contributed by atoms with Crippen LogP contribution in [0.4, 0.5) is 0 Å². The van der Waals surface area contributed by atoms with Crippen molar-refractivity contribution >= 4 is 43.5 Å². The predicted molar refractivity (Wildman–Crippen MR) is 190 cm³/mol. The Bertz CT molecular complexity index is 2740. The molecule has 210 valence electrons. The van der Waals surface area contributed by atoms with E-state index in [1.165, 1.54) is 0 Å². The topological polar surface area (TPSA) is 13.1 Å². The first-order valence-electron chi connectivity index (χ1n) is 17.5. The molecule has 0 aliphatic rings. The van der Waals surface area contributed by atoms with Gasteiger partial charge in [0.1, 0.15) is 11.2 Å². The van der Waals surface area contributed by atoms with Crippen LogP contribution >= 0.6 is 0 Å². The van der Waals surface area contributed by atoms with Crippen LogP contribution in [0.2, 0.25) is 0 Å². The minimum atomic E-state index is -0.292. The van der Waals surface area contributed by atoms with Crippen molar-refractivity contribution in [2.45, 2.75) is 0 Å². The van der Waals surface area contributed by atoms with Gasteiger partial charge in [0, 0.05) is 16.3 Å². The van der Waals surface area contributed by atoms with E-state index < -0.39 is 0 Å². The number of furan rings is 1. The van der Waals surface area contributed by atoms with Gasteiger partial charge in [0.15, 0.2) is 0 Å². The molecule has 0 amide bonds. The molecule has 0 radical (unpaired) electrons. The molecule has 0 N–H and O–H groups in total. The zero-order valence-corrected chi connectivity index (χ0v) is 24.2. The zero-order chi connectivity index (χ0) is 34.1. The maximum absolute atomic E-state index is 9.35. The van der Waals surface area contributed by atoms with Crippen LogP contribution in [-0.4, -0.2) is 0 Å². The summed E-state index contributed by atoms with van der Waals surface area (Å²) in [6.45, 7) is 0. The summed E-state index contributed by atoms with van der Waals surface area (Å²) in [7, 11) is 0. The van der Waals surface area contributed by atoms with Crippen LogP contribution in [0.5, 0.6) is 0 Å². The molecule has 0 saturated heterocycles. The molecule has 9 aromatic rings. The number of benzene rings is 8. The molecule has 0 aliphatic carbocycles. The highest BCUT2D eigenvalue weighted by Gasteiger charge is 2.24. The van der Waals surface area contributed by atoms with Crippen LogP contribution in [0.1, 0.15) is 6.85 Å². The Morgan fingerprint density at radius 1 is 0.356 bits per heavy atom. The van der Waals surface area contributed by atoms with Crippen molar-refractivity contribution in [1.82, 2.24) is 0 Å². The van der Waals surface area contributed by atoms with Gasteiger partial charge in [-0.2, -0.15) is 0 Å². The molecule has 1 aromatic heterocycles. The summed E-state index contributed by atoms with van der Waals surface area (Å²) in [6.07, 6.45) is 0. The van der Waals surface area contributed by atoms with E-state index in [2.05, 4.69) is 42.5 Å². The first kappa shape index (κ1) is 20.9. The highest BCUT2D eigenvalue weighted by molar-refractivity contribution is 6.28. The summed E-state index contributed by atoms with van der Waals surface area (Å²) in [6, 6.07) is 45.4. The summed E-state index contributed by atoms with van der Waals surface area (Å²) >= 11 is 0. The summed E-state index contributed by atoms with van der Waals surface area (Å²) in [5, 5.41) is 5.68. The third-order valence-electron chi connectivity index (χ3n) is 8.75. The lowest BCUT2D eigenvalue weighted by Crippen LogP contribution is -1.94. The van der Waals surface area contributed by atoms with E-state index in [4.69, 9.17) is 9.90 Å². The standard InChI is InChI=1S/C44H28O/c1-3-15-29(16-4-1)31-19-7-8-20-33(31)41-34-21-9-11-23-36(34)42(37-24-12-10-22-35(37)41)44-32(30-17-5-2-6-18-30)27-28-40-43(44)38-25-13-14-26-39(38)45-40/h1-28H/i1D,7D,8D,19D,20D. The Balaban J connectivity index is 1.51. The van der Waals surface area contributed by atoms with Gasteiger partial charge in [0.2, 0.25) is 0 Å². The smallest absolute Gasteiger partial charge is 0.136 e. The number of hydrogen-bond donors (Lipinski definition) is 0. The average Bonchev–Trinajstić information content (AvgIpc) is 3.54. The molecule has 1 heterocycles. The first-order chi connectivity index (χ1) is 24.4. The fourth-order valence-corrected chi connectivity index (χ4v) is 6.87. The highest BCUT2D eigenvalue weighted by atomic mass is 16.3. The van der Waals surface area contributed by atoms with E-state index in [9.17, 15) is 1.37 Å². The number of rotatable bonds is 4. The van der Waals surface area contributed by atoms with Crippen molar-refractivity contribution in [2.24, 2.45) is 0 Å². The minimum Gasteiger partial charge on any atom is -0.456 e. The average molecular weight is 578 g/mol. The van der Waals surface area contributed by atoms with E-state index in [0.717, 1.165) is 71.3 Å². The quantitative estimate of drug-likeness (QED) is 0.190. The number of fused-ring (bicyclic) bond motifs is 5. The van der Waals surface area contributed by atoms with Gasteiger partial charge in [-0.3, -0.25) is 0 Å². The summed E-state index contributed by atoms with van der Waals surface area (Å²) < 4.78 is 50.5. The molecule has 45 heavy (non-hydrogen) atoms. The molecule has 0 fully saturated rings. The van der Waals surface area contributed by atoms with Crippen LogP contribution in [0.25, 0.3) is 88.0 Å². The second-order valence-electron chi connectivity index (χ2n) is 11.2. The van der Waals surface area contributed by atoms with E-state index in [1.54, 1.807) is 24.3 Å². The Kier molecular flexibility index (Phi) is 4.81. The van der Waals surface area contributed by atoms with E-state index in [-0.39, 0.29) is 24.2 Å². The Morgan fingerprint density at radius 3 is 1.58 bits per heavy atom. The van der Waals surface area contributed by atoms with Gasteiger partial charge in [0.25, 0.3) is 0 Å². The SMILES string of the molecule is [2H]c1ccc(-c2c([2H])c([2H])c([2H])c([2H])c2-c2c3ccccc3c(-c3c(-c4ccccc4)ccc4oc5ccccc5c34)c3ccccc23)cc1. The molecule has 9 rings (SSSR count). The van der Waals surface area contributed by atoms with Crippen molar-refractivity contribution in [3.05, 3.63) is 170 Å². The first-order valence-corrected chi connectivity index (χ1v) is 15.0. The third kappa shape index (κ3) is 4.02. The molecule has 1 nitrogen and oxygen atoms in total. The van der Waals surface area contributed by atoms with Crippen LogP contribution in [0, 0.1) is 0 Å². The van der Waals surface area contributed by atoms with Crippen molar-refractivity contribution in [3.8, 4) is 44.5 Å². The molecule has 0 saturated carbocycles. The Labute approximate surface area is 268 Å². The lowest BCUT2D eigenvalue weighted by molar-refractivity contribution is 0.669. The number of para-hydroxylation sites is 1. The molecule has 0 unspecified atom stereocenters. The molecular formula is C44H28O. The third-order valence-corrected chi connectivity index (χ3v) is 8.75. The fraction of sp³-hybridized carbons (Fsp3) is 0. The van der Waals surface area contributed by atoms with Crippen molar-refractivity contribution in [2.75, 3.05) is 0 Å². The van der Waals surface area contributed by atoms with Crippen molar-refractivity contribution < 1.29 is 11.3 Å². The minimum absolute atomic E-state index is 0.105. The highest BCUT2D eigenvalue weighted by Crippen LogP contribution is 2.50. The molecule has 8 aromatic carbocycles. The van der Waals surface area contributed by atoms with Gasteiger partial charge < -0.3 is 4.42 Å². The molecule has 0 bridgehead atoms. The van der Waals surface area contributed by atoms with Crippen LogP contribution in [-0.2, 0) is 0 Å². The molecule has 0 spiro atoms. The fourth-order valence-electron chi connectivity index (χ4n) is 6.87. The van der Waals surface area contributed by atoms with Crippen LogP contribution in [0.3, 0.4) is 0 Å². The second kappa shape index (κ2) is 10.4. The van der Waals surface area contributed by atoms with Gasteiger partial charge in [-0.25, -0.2) is 0 Å². The molecule has 0 atom stereocenters. The number of hydrogen-bond acceptors (Lipinski definition) is 1. The summed E-state index contributed by atoms with van der Waals surface area (Å²) in [5.41, 5.74) is 8.00. The lowest BCUT2D eigenvalue weighted by atomic mass is 9.81. The largest absolute Gasteiger partial charge is 0.456 e. The monoisotopic (exact) mass is 577 g/mol. The van der Waals surface area contributed by atoms with E-state index >= 15 is 0 Å². The predicted octanol–water partition coefficient (Wildman–Crippen LogP) is 12.6. The van der Waals surface area contributed by atoms with Gasteiger partial charge in [-0.15, -0.1) is 0 Å². The van der Waals surface area contributed by atoms with Gasteiger partial charge in [-0.05, 0) is 72.6 Å². The van der Waals surface area contributed by atoms with Gasteiger partial charge in [0.05, 0.1) is 6.85 Å². The van der Waals surface area contributed by atoms with Gasteiger partial charge >= 0.3 is 0 Å². The van der Waals surface area contributed by atoms with Crippen molar-refractivity contribution in [1.29, 1.82) is 0 Å². The summed E-state index contributed by atoms with van der Waals surface area (Å²) in [5.74, 6) is 0. The Hall–Kier alpha value is -5.92.